The molecule has 1 aliphatic heterocycles. The maximum absolute atomic E-state index is 13.9. The molecule has 1 aromatic carbocycles. The van der Waals surface area contributed by atoms with Crippen molar-refractivity contribution in [2.24, 2.45) is 5.92 Å². The molecule has 2 atom stereocenters. The summed E-state index contributed by atoms with van der Waals surface area (Å²) in [5.74, 6) is -0.345. The van der Waals surface area contributed by atoms with Gasteiger partial charge in [-0.15, -0.1) is 0 Å². The summed E-state index contributed by atoms with van der Waals surface area (Å²) in [6.45, 7) is 9.01. The smallest absolute Gasteiger partial charge is 0.130 e. The van der Waals surface area contributed by atoms with E-state index in [1.54, 1.807) is 6.07 Å². The summed E-state index contributed by atoms with van der Waals surface area (Å²) in [5.41, 5.74) is 0.585. The second-order valence-electron chi connectivity index (χ2n) is 6.46. The molecule has 0 aliphatic carbocycles. The van der Waals surface area contributed by atoms with Crippen molar-refractivity contribution in [3.05, 3.63) is 35.4 Å². The minimum Gasteiger partial charge on any atom is -0.311 e. The highest BCUT2D eigenvalue weighted by Gasteiger charge is 2.28. The Balaban J connectivity index is 2.11. The largest absolute Gasteiger partial charge is 0.311 e. The highest BCUT2D eigenvalue weighted by atomic mass is 19.1. The van der Waals surface area contributed by atoms with Gasteiger partial charge < -0.3 is 5.32 Å². The molecule has 1 aliphatic rings. The Kier molecular flexibility index (Phi) is 5.71. The van der Waals surface area contributed by atoms with Gasteiger partial charge in [-0.25, -0.2) is 8.78 Å². The van der Waals surface area contributed by atoms with Crippen LogP contribution in [0.2, 0.25) is 0 Å². The van der Waals surface area contributed by atoms with Crippen LogP contribution in [-0.4, -0.2) is 30.1 Å². The van der Waals surface area contributed by atoms with E-state index >= 15 is 0 Å². The Morgan fingerprint density at radius 2 is 2.10 bits per heavy atom. The first-order chi connectivity index (χ1) is 9.99. The maximum atomic E-state index is 13.9. The molecular weight excluding hydrogens is 270 g/mol. The molecular formula is C17H26F2N2. The van der Waals surface area contributed by atoms with Crippen molar-refractivity contribution in [3.63, 3.8) is 0 Å². The number of rotatable bonds is 5. The molecule has 1 heterocycles. The minimum atomic E-state index is -0.512. The molecule has 1 saturated heterocycles. The van der Waals surface area contributed by atoms with Crippen molar-refractivity contribution in [2.75, 3.05) is 13.1 Å². The van der Waals surface area contributed by atoms with E-state index in [0.29, 0.717) is 30.1 Å². The number of hydrogen-bond acceptors (Lipinski definition) is 2. The van der Waals surface area contributed by atoms with Crippen LogP contribution in [-0.2, 0) is 6.54 Å². The minimum absolute atomic E-state index is 0.414. The van der Waals surface area contributed by atoms with Crippen LogP contribution in [0.15, 0.2) is 18.2 Å². The Morgan fingerprint density at radius 3 is 2.71 bits per heavy atom. The fourth-order valence-corrected chi connectivity index (χ4v) is 3.04. The fraction of sp³-hybridized carbons (Fsp3) is 0.647. The van der Waals surface area contributed by atoms with Crippen LogP contribution in [0.1, 0.15) is 39.2 Å². The van der Waals surface area contributed by atoms with Gasteiger partial charge in [-0.05, 0) is 24.8 Å². The zero-order valence-electron chi connectivity index (χ0n) is 13.2. The van der Waals surface area contributed by atoms with Crippen LogP contribution in [0.25, 0.3) is 0 Å². The van der Waals surface area contributed by atoms with E-state index in [2.05, 4.69) is 31.0 Å². The van der Waals surface area contributed by atoms with E-state index in [-0.39, 0.29) is 0 Å². The van der Waals surface area contributed by atoms with Crippen molar-refractivity contribution in [3.8, 4) is 0 Å². The van der Waals surface area contributed by atoms with Crippen LogP contribution in [0.3, 0.4) is 0 Å². The van der Waals surface area contributed by atoms with Crippen LogP contribution in [0.5, 0.6) is 0 Å². The van der Waals surface area contributed by atoms with E-state index in [1.807, 2.05) is 0 Å². The number of nitrogens with zero attached hydrogens (tertiary/aromatic N) is 1. The first-order valence-electron chi connectivity index (χ1n) is 7.91. The average molecular weight is 296 g/mol. The predicted octanol–water partition coefficient (Wildman–Crippen LogP) is 3.56. The lowest BCUT2D eigenvalue weighted by Crippen LogP contribution is -2.56. The molecule has 0 radical (unpaired) electrons. The van der Waals surface area contributed by atoms with E-state index < -0.39 is 11.6 Å². The average Bonchev–Trinajstić information content (AvgIpc) is 2.43. The van der Waals surface area contributed by atoms with E-state index in [9.17, 15) is 8.78 Å². The summed E-state index contributed by atoms with van der Waals surface area (Å²) in [7, 11) is 0. The third-order valence-corrected chi connectivity index (χ3v) is 4.24. The molecule has 0 amide bonds. The molecule has 0 spiro atoms. The molecule has 0 aromatic heterocycles. The number of halogens is 2. The van der Waals surface area contributed by atoms with E-state index in [1.165, 1.54) is 6.07 Å². The Bertz CT molecular complexity index is 462. The molecule has 4 heteroatoms. The Labute approximate surface area is 126 Å². The second kappa shape index (κ2) is 7.32. The molecule has 1 aromatic rings. The summed E-state index contributed by atoms with van der Waals surface area (Å²) >= 11 is 0. The van der Waals surface area contributed by atoms with Gasteiger partial charge in [0.2, 0.25) is 0 Å². The zero-order chi connectivity index (χ0) is 15.4. The summed E-state index contributed by atoms with van der Waals surface area (Å²) in [4.78, 5) is 2.35. The van der Waals surface area contributed by atoms with Crippen molar-refractivity contribution < 1.29 is 8.78 Å². The number of nitrogens with one attached hydrogen (secondary N) is 1. The summed E-state index contributed by atoms with van der Waals surface area (Å²) in [6.07, 6.45) is 2.16. The molecule has 118 valence electrons. The van der Waals surface area contributed by atoms with Gasteiger partial charge >= 0.3 is 0 Å². The lowest BCUT2D eigenvalue weighted by atomic mass is 9.97. The summed E-state index contributed by atoms with van der Waals surface area (Å²) in [6, 6.07) is 4.76. The van der Waals surface area contributed by atoms with Gasteiger partial charge in [0, 0.05) is 43.3 Å². The monoisotopic (exact) mass is 296 g/mol. The molecule has 0 bridgehead atoms. The third-order valence-electron chi connectivity index (χ3n) is 4.24. The van der Waals surface area contributed by atoms with Crippen molar-refractivity contribution in [1.82, 2.24) is 10.2 Å². The first kappa shape index (κ1) is 16.4. The molecule has 2 unspecified atom stereocenters. The lowest BCUT2D eigenvalue weighted by Gasteiger charge is -2.41. The number of piperazine rings is 1. The van der Waals surface area contributed by atoms with Gasteiger partial charge in [0.15, 0.2) is 0 Å². The van der Waals surface area contributed by atoms with Crippen LogP contribution in [0.4, 0.5) is 8.78 Å². The molecule has 1 N–H and O–H groups in total. The van der Waals surface area contributed by atoms with E-state index in [0.717, 1.165) is 32.0 Å². The third kappa shape index (κ3) is 4.48. The van der Waals surface area contributed by atoms with Crippen LogP contribution >= 0.6 is 0 Å². The Hall–Kier alpha value is -1.00. The number of hydrogen-bond donors (Lipinski definition) is 1. The summed E-state index contributed by atoms with van der Waals surface area (Å²) < 4.78 is 26.9. The van der Waals surface area contributed by atoms with Gasteiger partial charge in [0.25, 0.3) is 0 Å². The highest BCUT2D eigenvalue weighted by Crippen LogP contribution is 2.20. The van der Waals surface area contributed by atoms with Crippen molar-refractivity contribution in [2.45, 2.75) is 52.2 Å². The molecule has 21 heavy (non-hydrogen) atoms. The highest BCUT2D eigenvalue weighted by molar-refractivity contribution is 5.18. The first-order valence-corrected chi connectivity index (χ1v) is 7.91. The fourth-order valence-electron chi connectivity index (χ4n) is 3.04. The van der Waals surface area contributed by atoms with Crippen molar-refractivity contribution in [1.29, 1.82) is 0 Å². The second-order valence-corrected chi connectivity index (χ2v) is 6.46. The van der Waals surface area contributed by atoms with Gasteiger partial charge in [0.05, 0.1) is 0 Å². The van der Waals surface area contributed by atoms with Crippen LogP contribution in [0, 0.1) is 17.6 Å². The molecule has 1 fully saturated rings. The normalized spacial score (nSPS) is 23.7. The van der Waals surface area contributed by atoms with Gasteiger partial charge in [-0.2, -0.15) is 0 Å². The zero-order valence-corrected chi connectivity index (χ0v) is 13.2. The van der Waals surface area contributed by atoms with Crippen molar-refractivity contribution >= 4 is 0 Å². The topological polar surface area (TPSA) is 15.3 Å². The quantitative estimate of drug-likeness (QED) is 0.893. The number of benzene rings is 1. The van der Waals surface area contributed by atoms with Gasteiger partial charge in [-0.3, -0.25) is 4.90 Å². The molecule has 0 saturated carbocycles. The molecule has 2 rings (SSSR count). The van der Waals surface area contributed by atoms with Gasteiger partial charge in [0.1, 0.15) is 11.6 Å². The van der Waals surface area contributed by atoms with E-state index in [4.69, 9.17) is 0 Å². The van der Waals surface area contributed by atoms with Crippen LogP contribution < -0.4 is 5.32 Å². The maximum Gasteiger partial charge on any atom is 0.130 e. The predicted molar refractivity (Wildman–Crippen MR) is 82.1 cm³/mol. The van der Waals surface area contributed by atoms with Gasteiger partial charge in [-0.1, -0.05) is 26.8 Å². The summed E-state index contributed by atoms with van der Waals surface area (Å²) in [5, 5.41) is 3.57. The standard InChI is InChI=1S/C17H26F2N2/c1-4-15-11-21(16(9-20-15)7-12(2)3)10-13-5-6-14(18)8-17(13)19/h5-6,8,12,15-16,20H,4,7,9-11H2,1-3H3. The molecule has 2 nitrogen and oxygen atoms in total. The lowest BCUT2D eigenvalue weighted by molar-refractivity contribution is 0.104. The Morgan fingerprint density at radius 1 is 1.33 bits per heavy atom. The SMILES string of the molecule is CCC1CN(Cc2ccc(F)cc2F)C(CC(C)C)CN1.